The molecule has 0 unspecified atom stereocenters. The average molecular weight is 432 g/mol. The number of ether oxygens (including phenoxy) is 1. The van der Waals surface area contributed by atoms with Crippen LogP contribution in [0.25, 0.3) is 6.08 Å². The van der Waals surface area contributed by atoms with Crippen LogP contribution in [-0.2, 0) is 21.9 Å². The summed E-state index contributed by atoms with van der Waals surface area (Å²) in [6.45, 7) is -0.325. The summed E-state index contributed by atoms with van der Waals surface area (Å²) in [5.74, 6) is -1.27. The standard InChI is InChI=1S/C19H14F6N2O3/c20-18(21,22)12-7-13(19(23,24)25)9-14(8-12)27-17(29)6-3-11-1-4-15(5-2-11)30-10-16(26)28/h1-9H,10H2,(H2,26,28)(H,27,29). The highest BCUT2D eigenvalue weighted by Gasteiger charge is 2.37. The zero-order valence-electron chi connectivity index (χ0n) is 15.0. The van der Waals surface area contributed by atoms with Gasteiger partial charge in [-0.25, -0.2) is 0 Å². The molecular weight excluding hydrogens is 418 g/mol. The largest absolute Gasteiger partial charge is 0.484 e. The third kappa shape index (κ3) is 6.83. The smallest absolute Gasteiger partial charge is 0.416 e. The van der Waals surface area contributed by atoms with E-state index in [1.54, 1.807) is 0 Å². The Bertz CT molecular complexity index is 918. The van der Waals surface area contributed by atoms with Gasteiger partial charge in [-0.05, 0) is 42.0 Å². The maximum absolute atomic E-state index is 12.8. The highest BCUT2D eigenvalue weighted by molar-refractivity contribution is 6.02. The number of hydrogen-bond acceptors (Lipinski definition) is 3. The first-order valence-corrected chi connectivity index (χ1v) is 8.14. The molecule has 2 aromatic carbocycles. The minimum atomic E-state index is -5.02. The van der Waals surface area contributed by atoms with Gasteiger partial charge in [0.25, 0.3) is 5.91 Å². The molecule has 0 fully saturated rings. The number of alkyl halides is 6. The molecule has 11 heteroatoms. The van der Waals surface area contributed by atoms with Crippen molar-refractivity contribution in [2.75, 3.05) is 11.9 Å². The molecule has 2 amide bonds. The highest BCUT2D eigenvalue weighted by atomic mass is 19.4. The maximum Gasteiger partial charge on any atom is 0.416 e. The number of carbonyl (C=O) groups excluding carboxylic acids is 2. The first-order valence-electron chi connectivity index (χ1n) is 8.14. The number of nitrogens with two attached hydrogens (primary N) is 1. The Labute approximate surface area is 166 Å². The Balaban J connectivity index is 2.12. The molecule has 0 atom stereocenters. The molecule has 5 nitrogen and oxygen atoms in total. The molecule has 3 N–H and O–H groups in total. The van der Waals surface area contributed by atoms with Gasteiger partial charge < -0.3 is 15.8 Å². The summed E-state index contributed by atoms with van der Waals surface area (Å²) in [6.07, 6.45) is -7.82. The van der Waals surface area contributed by atoms with Gasteiger partial charge in [-0.2, -0.15) is 26.3 Å². The number of primary amides is 1. The molecular formula is C19H14F6N2O3. The van der Waals surface area contributed by atoms with Crippen LogP contribution >= 0.6 is 0 Å². The topological polar surface area (TPSA) is 81.4 Å². The molecule has 2 aromatic rings. The first-order chi connectivity index (χ1) is 13.8. The van der Waals surface area contributed by atoms with Crippen LogP contribution in [0, 0.1) is 0 Å². The van der Waals surface area contributed by atoms with Gasteiger partial charge in [0, 0.05) is 11.8 Å². The Kier molecular flexibility index (Phi) is 6.75. The SMILES string of the molecule is NC(=O)COc1ccc(C=CC(=O)Nc2cc(C(F)(F)F)cc(C(F)(F)F)c2)cc1. The molecule has 30 heavy (non-hydrogen) atoms. The summed E-state index contributed by atoms with van der Waals surface area (Å²) in [7, 11) is 0. The van der Waals surface area contributed by atoms with Gasteiger partial charge in [-0.15, -0.1) is 0 Å². The molecule has 160 valence electrons. The summed E-state index contributed by atoms with van der Waals surface area (Å²) in [4.78, 5) is 22.6. The minimum absolute atomic E-state index is 0.0344. The number of amides is 2. The molecule has 0 spiro atoms. The Morgan fingerprint density at radius 3 is 1.93 bits per heavy atom. The fourth-order valence-corrected chi connectivity index (χ4v) is 2.21. The summed E-state index contributed by atoms with van der Waals surface area (Å²) < 4.78 is 82.1. The van der Waals surface area contributed by atoms with Gasteiger partial charge in [-0.1, -0.05) is 12.1 Å². The van der Waals surface area contributed by atoms with E-state index in [1.165, 1.54) is 30.3 Å². The molecule has 0 aromatic heterocycles. The van der Waals surface area contributed by atoms with Crippen molar-refractivity contribution in [1.82, 2.24) is 0 Å². The summed E-state index contributed by atoms with van der Waals surface area (Å²) >= 11 is 0. The number of nitrogens with one attached hydrogen (secondary N) is 1. The molecule has 0 aliphatic rings. The van der Waals surface area contributed by atoms with E-state index in [2.05, 4.69) is 0 Å². The van der Waals surface area contributed by atoms with Crippen LogP contribution in [0.3, 0.4) is 0 Å². The normalized spacial score (nSPS) is 12.1. The van der Waals surface area contributed by atoms with Crippen LogP contribution in [-0.4, -0.2) is 18.4 Å². The van der Waals surface area contributed by atoms with Crippen molar-refractivity contribution in [3.05, 3.63) is 65.2 Å². The van der Waals surface area contributed by atoms with Gasteiger partial charge in [0.15, 0.2) is 6.61 Å². The number of halogens is 6. The number of rotatable bonds is 6. The van der Waals surface area contributed by atoms with E-state index in [4.69, 9.17) is 10.5 Å². The van der Waals surface area contributed by atoms with Crippen LogP contribution in [0.1, 0.15) is 16.7 Å². The van der Waals surface area contributed by atoms with Crippen LogP contribution in [0.2, 0.25) is 0 Å². The van der Waals surface area contributed by atoms with E-state index in [9.17, 15) is 35.9 Å². The van der Waals surface area contributed by atoms with E-state index in [1.807, 2.05) is 5.32 Å². The van der Waals surface area contributed by atoms with E-state index >= 15 is 0 Å². The van der Waals surface area contributed by atoms with Crippen molar-refractivity contribution in [1.29, 1.82) is 0 Å². The molecule has 0 heterocycles. The summed E-state index contributed by atoms with van der Waals surface area (Å²) in [5.41, 5.74) is 1.69. The van der Waals surface area contributed by atoms with Gasteiger partial charge in [0.05, 0.1) is 11.1 Å². The van der Waals surface area contributed by atoms with Crippen molar-refractivity contribution in [2.24, 2.45) is 5.73 Å². The predicted octanol–water partition coefficient (Wildman–Crippen LogP) is 4.24. The molecule has 0 bridgehead atoms. The fraction of sp³-hybridized carbons (Fsp3) is 0.158. The molecule has 0 saturated heterocycles. The van der Waals surface area contributed by atoms with Crippen LogP contribution in [0.5, 0.6) is 5.75 Å². The van der Waals surface area contributed by atoms with Gasteiger partial charge >= 0.3 is 12.4 Å². The Hall–Kier alpha value is -3.50. The van der Waals surface area contributed by atoms with Crippen molar-refractivity contribution < 1.29 is 40.7 Å². The van der Waals surface area contributed by atoms with Crippen molar-refractivity contribution >= 4 is 23.6 Å². The lowest BCUT2D eigenvalue weighted by atomic mass is 10.1. The molecule has 2 rings (SSSR count). The number of hydrogen-bond donors (Lipinski definition) is 2. The monoisotopic (exact) mass is 432 g/mol. The Morgan fingerprint density at radius 2 is 1.47 bits per heavy atom. The predicted molar refractivity (Wildman–Crippen MR) is 95.2 cm³/mol. The molecule has 0 radical (unpaired) electrons. The number of carbonyl (C=O) groups is 2. The second kappa shape index (κ2) is 8.89. The van der Waals surface area contributed by atoms with E-state index in [0.717, 1.165) is 6.08 Å². The third-order valence-corrected chi connectivity index (χ3v) is 3.54. The van der Waals surface area contributed by atoms with Gasteiger partial charge in [0.2, 0.25) is 5.91 Å². The van der Waals surface area contributed by atoms with Gasteiger partial charge in [-0.3, -0.25) is 9.59 Å². The van der Waals surface area contributed by atoms with Gasteiger partial charge in [0.1, 0.15) is 5.75 Å². The summed E-state index contributed by atoms with van der Waals surface area (Å²) in [5, 5.41) is 1.98. The lowest BCUT2D eigenvalue weighted by Crippen LogP contribution is -2.19. The minimum Gasteiger partial charge on any atom is -0.484 e. The van der Waals surface area contributed by atoms with E-state index in [0.29, 0.717) is 23.4 Å². The van der Waals surface area contributed by atoms with Crippen molar-refractivity contribution in [3.8, 4) is 5.75 Å². The highest BCUT2D eigenvalue weighted by Crippen LogP contribution is 2.37. The maximum atomic E-state index is 12.8. The third-order valence-electron chi connectivity index (χ3n) is 3.54. The number of benzene rings is 2. The lowest BCUT2D eigenvalue weighted by molar-refractivity contribution is -0.143. The second-order valence-electron chi connectivity index (χ2n) is 5.94. The zero-order chi connectivity index (χ0) is 22.5. The quantitative estimate of drug-likeness (QED) is 0.529. The van der Waals surface area contributed by atoms with Crippen LogP contribution < -0.4 is 15.8 Å². The molecule has 0 aliphatic heterocycles. The van der Waals surface area contributed by atoms with E-state index in [-0.39, 0.29) is 12.7 Å². The lowest BCUT2D eigenvalue weighted by Gasteiger charge is -2.14. The first kappa shape index (κ1) is 22.8. The molecule has 0 saturated carbocycles. The number of anilines is 1. The van der Waals surface area contributed by atoms with E-state index < -0.39 is 41.0 Å². The Morgan fingerprint density at radius 1 is 0.933 bits per heavy atom. The van der Waals surface area contributed by atoms with Crippen molar-refractivity contribution in [3.63, 3.8) is 0 Å². The molecule has 0 aliphatic carbocycles. The van der Waals surface area contributed by atoms with Crippen LogP contribution in [0.15, 0.2) is 48.5 Å². The van der Waals surface area contributed by atoms with Crippen molar-refractivity contribution in [2.45, 2.75) is 12.4 Å². The second-order valence-corrected chi connectivity index (χ2v) is 5.94. The summed E-state index contributed by atoms with van der Waals surface area (Å²) in [6, 6.07) is 6.75. The average Bonchev–Trinajstić information content (AvgIpc) is 2.64. The zero-order valence-corrected chi connectivity index (χ0v) is 15.0. The van der Waals surface area contributed by atoms with Crippen LogP contribution in [0.4, 0.5) is 32.0 Å². The fourth-order valence-electron chi connectivity index (χ4n) is 2.21.